The second-order valence-electron chi connectivity index (χ2n) is 16.6. The predicted molar refractivity (Wildman–Crippen MR) is 211 cm³/mol. The number of carbonyl (C=O) groups is 3. The molecule has 0 amide bonds. The van der Waals surface area contributed by atoms with E-state index in [4.69, 9.17) is 18.4 Å². The van der Waals surface area contributed by atoms with Crippen molar-refractivity contribution in [3.05, 3.63) is 129 Å². The number of Topliss-reactive ketones (excluding diaryl/α,β-unsaturated/α-hetero) is 2. The Morgan fingerprint density at radius 2 is 1.62 bits per heavy atom. The van der Waals surface area contributed by atoms with Crippen molar-refractivity contribution >= 4 is 32.2 Å². The van der Waals surface area contributed by atoms with Gasteiger partial charge in [0.25, 0.3) is 5.88 Å². The molecule has 0 saturated carbocycles. The van der Waals surface area contributed by atoms with E-state index in [2.05, 4.69) is 5.16 Å². The molecule has 7 rings (SSSR count). The lowest BCUT2D eigenvalue weighted by atomic mass is 9.58. The van der Waals surface area contributed by atoms with Gasteiger partial charge in [0.05, 0.1) is 11.6 Å². The average Bonchev–Trinajstić information content (AvgIpc) is 3.57. The minimum absolute atomic E-state index is 0.0227. The monoisotopic (exact) mass is 778 g/mol. The number of aliphatic hydroxyl groups excluding tert-OH is 1. The fourth-order valence-corrected chi connectivity index (χ4v) is 9.59. The van der Waals surface area contributed by atoms with Gasteiger partial charge in [-0.1, -0.05) is 81.4 Å². The molecule has 0 radical (unpaired) electrons. The predicted octanol–water partition coefficient (Wildman–Crippen LogP) is 8.63. The largest absolute Gasteiger partial charge is 0.508 e. The van der Waals surface area contributed by atoms with Gasteiger partial charge in [0, 0.05) is 22.6 Å². The topological polar surface area (TPSA) is 128 Å². The molecule has 4 aromatic rings. The van der Waals surface area contributed by atoms with Gasteiger partial charge in [-0.05, 0) is 85.5 Å². The van der Waals surface area contributed by atoms with Gasteiger partial charge in [0.1, 0.15) is 42.4 Å². The van der Waals surface area contributed by atoms with Crippen LogP contribution in [0.2, 0.25) is 18.1 Å². The first kappa shape index (κ1) is 39.1. The lowest BCUT2D eigenvalue weighted by Crippen LogP contribution is -2.65. The molecule has 10 nitrogen and oxygen atoms in total. The van der Waals surface area contributed by atoms with Gasteiger partial charge in [-0.15, -0.1) is 0 Å². The van der Waals surface area contributed by atoms with Crippen molar-refractivity contribution in [2.45, 2.75) is 76.6 Å². The Morgan fingerprint density at radius 1 is 1.00 bits per heavy atom. The molecule has 4 atom stereocenters. The van der Waals surface area contributed by atoms with Crippen LogP contribution >= 0.6 is 0 Å². The van der Waals surface area contributed by atoms with Gasteiger partial charge in [-0.25, -0.2) is 4.39 Å². The van der Waals surface area contributed by atoms with E-state index in [0.717, 1.165) is 11.1 Å². The molecule has 12 heteroatoms. The van der Waals surface area contributed by atoms with Crippen LogP contribution in [0.1, 0.15) is 82.0 Å². The van der Waals surface area contributed by atoms with Crippen molar-refractivity contribution in [1.29, 1.82) is 0 Å². The van der Waals surface area contributed by atoms with Crippen molar-refractivity contribution in [3.8, 4) is 11.6 Å². The summed E-state index contributed by atoms with van der Waals surface area (Å²) >= 11 is 0. The highest BCUT2D eigenvalue weighted by atomic mass is 28.4. The van der Waals surface area contributed by atoms with Crippen LogP contribution in [0, 0.1) is 17.7 Å². The summed E-state index contributed by atoms with van der Waals surface area (Å²) in [5.41, 5.74) is -0.103. The number of fused-ring (bicyclic) bond motifs is 4. The highest BCUT2D eigenvalue weighted by Gasteiger charge is 2.67. The van der Waals surface area contributed by atoms with Crippen molar-refractivity contribution in [1.82, 2.24) is 10.1 Å². The van der Waals surface area contributed by atoms with Crippen LogP contribution in [-0.4, -0.2) is 61.0 Å². The maximum atomic E-state index is 16.2. The van der Waals surface area contributed by atoms with Crippen LogP contribution in [0.5, 0.6) is 11.6 Å². The molecule has 0 aliphatic heterocycles. The number of carbonyl (C=O) groups excluding carboxylic acids is 3. The zero-order valence-electron chi connectivity index (χ0n) is 32.7. The number of aromatic nitrogens is 1. The molecule has 56 heavy (non-hydrogen) atoms. The van der Waals surface area contributed by atoms with E-state index >= 15 is 14.0 Å². The number of rotatable bonds is 11. The van der Waals surface area contributed by atoms with E-state index in [0.29, 0.717) is 6.29 Å². The molecule has 0 spiro atoms. The number of allylic oxidation sites excluding steroid dienone is 2. The van der Waals surface area contributed by atoms with Crippen LogP contribution in [0.4, 0.5) is 4.39 Å². The normalized spacial score (nSPS) is 22.1. The molecule has 0 bridgehead atoms. The average molecular weight is 779 g/mol. The van der Waals surface area contributed by atoms with Gasteiger partial charge < -0.3 is 23.5 Å². The van der Waals surface area contributed by atoms with Crippen LogP contribution < -0.4 is 9.47 Å². The number of nitrogens with zero attached hydrogens (tertiary/aromatic N) is 2. The summed E-state index contributed by atoms with van der Waals surface area (Å²) in [6.45, 7) is 10.2. The third-order valence-electron chi connectivity index (χ3n) is 11.8. The van der Waals surface area contributed by atoms with Crippen LogP contribution in [0.3, 0.4) is 0 Å². The summed E-state index contributed by atoms with van der Waals surface area (Å²) in [6, 6.07) is 19.3. The lowest BCUT2D eigenvalue weighted by Gasteiger charge is -2.55. The maximum absolute atomic E-state index is 16.2. The molecule has 3 aliphatic rings. The molecular formula is C44H47FN2O8Si. The van der Waals surface area contributed by atoms with Crippen molar-refractivity contribution < 1.29 is 42.3 Å². The van der Waals surface area contributed by atoms with Crippen molar-refractivity contribution in [2.24, 2.45) is 11.8 Å². The Labute approximate surface area is 327 Å². The summed E-state index contributed by atoms with van der Waals surface area (Å²) in [4.78, 5) is 43.9. The molecule has 1 unspecified atom stereocenters. The van der Waals surface area contributed by atoms with E-state index in [1.165, 1.54) is 18.2 Å². The number of hydrogen-bond acceptors (Lipinski definition) is 10. The third-order valence-corrected chi connectivity index (χ3v) is 16.3. The summed E-state index contributed by atoms with van der Waals surface area (Å²) in [5, 5.41) is 16.7. The van der Waals surface area contributed by atoms with Gasteiger partial charge in [-0.3, -0.25) is 19.3 Å². The first-order chi connectivity index (χ1) is 26.6. The van der Waals surface area contributed by atoms with E-state index in [1.54, 1.807) is 0 Å². The first-order valence-corrected chi connectivity index (χ1v) is 21.7. The number of ether oxygens (including phenoxy) is 2. The second kappa shape index (κ2) is 14.7. The molecule has 3 aliphatic carbocycles. The second-order valence-corrected chi connectivity index (χ2v) is 21.3. The molecule has 1 aromatic heterocycles. The van der Waals surface area contributed by atoms with Crippen LogP contribution in [0.15, 0.2) is 88.7 Å². The quantitative estimate of drug-likeness (QED) is 0.0898. The van der Waals surface area contributed by atoms with Crippen molar-refractivity contribution in [2.75, 3.05) is 14.1 Å². The fraction of sp³-hybridized carbons (Fsp3) is 0.364. The Morgan fingerprint density at radius 3 is 2.21 bits per heavy atom. The van der Waals surface area contributed by atoms with Gasteiger partial charge in [0.2, 0.25) is 5.78 Å². The van der Waals surface area contributed by atoms with Gasteiger partial charge >= 0.3 is 0 Å². The first-order valence-electron chi connectivity index (χ1n) is 18.8. The highest BCUT2D eigenvalue weighted by molar-refractivity contribution is 6.74. The Bertz CT molecular complexity index is 2240. The minimum Gasteiger partial charge on any atom is -0.508 e. The zero-order chi connectivity index (χ0) is 40.2. The Balaban J connectivity index is 1.44. The number of aldehydes is 1. The Kier molecular flexibility index (Phi) is 10.3. The smallest absolute Gasteiger partial charge is 0.265 e. The van der Waals surface area contributed by atoms with E-state index in [1.807, 2.05) is 114 Å². The molecule has 1 heterocycles. The highest BCUT2D eigenvalue weighted by Crippen LogP contribution is 2.60. The van der Waals surface area contributed by atoms with Crippen molar-refractivity contribution in [3.63, 3.8) is 0 Å². The molecular weight excluding hydrogens is 732 g/mol. The number of hydrogen-bond donors (Lipinski definition) is 1. The van der Waals surface area contributed by atoms with E-state index in [-0.39, 0.29) is 71.3 Å². The molecule has 0 fully saturated rings. The maximum Gasteiger partial charge on any atom is 0.265 e. The lowest BCUT2D eigenvalue weighted by molar-refractivity contribution is -0.104. The number of halogens is 1. The molecule has 292 valence electrons. The summed E-state index contributed by atoms with van der Waals surface area (Å²) < 4.78 is 41.9. The number of benzene rings is 3. The molecule has 1 N–H and O–H groups in total. The molecule has 0 saturated heterocycles. The van der Waals surface area contributed by atoms with E-state index in [9.17, 15) is 9.90 Å². The minimum atomic E-state index is -2.95. The Hall–Kier alpha value is -5.17. The summed E-state index contributed by atoms with van der Waals surface area (Å²) in [5.74, 6) is -3.55. The third kappa shape index (κ3) is 6.53. The SMILES string of the molecule is CN(C)[C@@H]1c2onc(OCc3ccccc3)c2C(=O)C2(O[Si](C)(C)C(C)(C)C)C(O)=C3C(=O)c4c(c(F)cc(/C=C/C=O)c4OCc4ccccc4)C[C@H]3C[C@@H]12. The number of aliphatic hydroxyl groups is 1. The fourth-order valence-electron chi connectivity index (χ4n) is 8.14. The van der Waals surface area contributed by atoms with E-state index < -0.39 is 60.0 Å². The summed E-state index contributed by atoms with van der Waals surface area (Å²) in [7, 11) is 0.732. The van der Waals surface area contributed by atoms with Crippen LogP contribution in [0.25, 0.3) is 6.08 Å². The van der Waals surface area contributed by atoms with Gasteiger partial charge in [-0.2, -0.15) is 0 Å². The zero-order valence-corrected chi connectivity index (χ0v) is 33.7. The van der Waals surface area contributed by atoms with Crippen LogP contribution in [-0.2, 0) is 28.9 Å². The standard InChI is InChI=1S/C44H47FN2O8Si/c1-43(2,3)56(6,7)55-44-31(36(47(4)5)39-35(41(44)51)42(46-54-39)53-25-27-17-12-9-13-18-27)22-29-21-30-32(45)23-28(19-14-20-48)38(34(30)37(49)33(29)40(44)50)52-24-26-15-10-8-11-16-26/h8-20,23,29,31,36,50H,21-22,24-25H2,1-7H3/b19-14+/t29-,31-,36-,44?/m0/s1. The summed E-state index contributed by atoms with van der Waals surface area (Å²) in [6.07, 6.45) is 3.37. The van der Waals surface area contributed by atoms with Gasteiger partial charge in [0.15, 0.2) is 25.5 Å². The molecule has 3 aromatic carbocycles. The number of ketones is 2.